The first-order valence-electron chi connectivity index (χ1n) is 46.2. The first-order valence-corrected chi connectivity index (χ1v) is 46.9. The van der Waals surface area contributed by atoms with Gasteiger partial charge in [-0.2, -0.15) is 35.1 Å². The lowest BCUT2D eigenvalue weighted by Gasteiger charge is -2.37. The Labute approximate surface area is 739 Å². The summed E-state index contributed by atoms with van der Waals surface area (Å²) in [6.45, 7) is 24.7. The molecule has 6 aromatic rings. The number of aryl methyl sites for hydroxylation is 6. The van der Waals surface area contributed by atoms with E-state index in [2.05, 4.69) is 46.3 Å². The average molecular weight is 1800 g/mol. The van der Waals surface area contributed by atoms with Crippen LogP contribution < -0.4 is 28.4 Å². The molecule has 22 heteroatoms. The summed E-state index contributed by atoms with van der Waals surface area (Å²) in [6, 6.07) is 17.7. The highest BCUT2D eigenvalue weighted by Gasteiger charge is 2.46. The number of benzene rings is 6. The molecule has 0 atom stereocenters. The van der Waals surface area contributed by atoms with Gasteiger partial charge in [0.1, 0.15) is 16.6 Å². The van der Waals surface area contributed by atoms with Gasteiger partial charge in [-0.25, -0.2) is 26.3 Å². The summed E-state index contributed by atoms with van der Waals surface area (Å²) >= 11 is 11.4. The topological polar surface area (TPSA) is 55.4 Å². The fourth-order valence-electron chi connectivity index (χ4n) is 19.0. The van der Waals surface area contributed by atoms with Crippen molar-refractivity contribution < 1.29 is 89.9 Å². The van der Waals surface area contributed by atoms with Crippen molar-refractivity contribution in [2.75, 3.05) is 26.4 Å². The molecule has 124 heavy (non-hydrogen) atoms. The van der Waals surface area contributed by atoms with Crippen LogP contribution >= 0.6 is 23.2 Å². The minimum absolute atomic E-state index is 0.0386. The number of rotatable bonds is 20. The Morgan fingerprint density at radius 1 is 0.234 bits per heavy atom. The molecule has 0 amide bonds. The predicted octanol–water partition coefficient (Wildman–Crippen LogP) is 32.7. The molecule has 14 rings (SSSR count). The average Bonchev–Trinajstić information content (AvgIpc) is 0.817. The SMILES string of the molecule is Cc1ccc(OC(F)(F)C2CCC(C)CC2)c(Cl)c1F.Cc1ccc(OC(F)(F)C2CCC(C)CC2)c(F)c1Cl.Cc1ccc(OCC2CCC(C)CC2)c(F)c1F.Cc1ccc(OCC2CCC(C)CC2)c(F)c1F.Cc1ccc(OCC2CCC(C3CCC(C)CC3)CC2)c(F)c1F.Cc1ccc(OCC2CCC(C3CCC(C)CC3)CC2)c(F)c1F. The van der Waals surface area contributed by atoms with Crippen molar-refractivity contribution in [1.29, 1.82) is 0 Å². The van der Waals surface area contributed by atoms with Gasteiger partial charge in [0.25, 0.3) is 0 Å². The molecule has 0 heterocycles. The number of alkyl halides is 4. The van der Waals surface area contributed by atoms with Gasteiger partial charge in [-0.15, -0.1) is 0 Å². The fraction of sp³-hybridized carbons (Fsp3) is 0.647. The summed E-state index contributed by atoms with van der Waals surface area (Å²) in [5.74, 6) is -0.660. The van der Waals surface area contributed by atoms with E-state index in [1.54, 1.807) is 71.0 Å². The zero-order valence-corrected chi connectivity index (χ0v) is 76.6. The van der Waals surface area contributed by atoms with Crippen LogP contribution in [0.15, 0.2) is 72.8 Å². The zero-order valence-electron chi connectivity index (χ0n) is 75.1. The molecule has 0 saturated heterocycles. The van der Waals surface area contributed by atoms with Gasteiger partial charge in [0.15, 0.2) is 57.8 Å². The molecule has 692 valence electrons. The van der Waals surface area contributed by atoms with Crippen LogP contribution in [0.1, 0.15) is 280 Å². The molecule has 0 unspecified atom stereocenters. The number of hydrogen-bond acceptors (Lipinski definition) is 6. The third-order valence-corrected chi connectivity index (χ3v) is 29.1. The molecule has 0 bridgehead atoms. The standard InChI is InChI=1S/2C21H30F2O.2C15H18ClF3O.2C15H20F2O/c2*1-14-3-8-17(9-4-14)18-10-6-16(7-11-18)13-24-19-12-5-15(2)20(22)21(19)23;1-9-3-6-11(7-4-9)15(18,19)20-12-8-5-10(2)14(17)13(12)16;1-9-3-6-11(7-4-9)15(18,19)20-12-8-5-10(2)13(16)14(12)17;2*1-10-3-6-12(7-4-10)9-18-13-8-5-11(2)14(16)15(13)17/h2*5,12,14,16-18H,3-4,6-11,13H2,1-2H3;2*5,8-9,11H,3-4,6-7H2,1-2H3;2*5,8,10,12H,3-4,6-7,9H2,1-2H3. The molecule has 0 aliphatic heterocycles. The van der Waals surface area contributed by atoms with Gasteiger partial charge >= 0.3 is 12.2 Å². The van der Waals surface area contributed by atoms with Crippen molar-refractivity contribution in [2.45, 2.75) is 301 Å². The third-order valence-electron chi connectivity index (χ3n) is 28.3. The summed E-state index contributed by atoms with van der Waals surface area (Å²) in [4.78, 5) is 0. The van der Waals surface area contributed by atoms with Crippen LogP contribution in [-0.2, 0) is 0 Å². The normalized spacial score (nSPS) is 26.6. The molecular weight excluding hydrogens is 1660 g/mol. The molecular formula is C102H136Cl2F14O6. The first kappa shape index (κ1) is 101. The highest BCUT2D eigenvalue weighted by atomic mass is 35.5. The lowest BCUT2D eigenvalue weighted by Crippen LogP contribution is -2.37. The van der Waals surface area contributed by atoms with Crippen LogP contribution in [0.2, 0.25) is 10.0 Å². The van der Waals surface area contributed by atoms with E-state index in [4.69, 9.17) is 46.9 Å². The predicted molar refractivity (Wildman–Crippen MR) is 467 cm³/mol. The number of hydrogen-bond donors (Lipinski definition) is 0. The molecule has 8 aliphatic rings. The Hall–Kier alpha value is -6.28. The fourth-order valence-corrected chi connectivity index (χ4v) is 19.4. The smallest absolute Gasteiger partial charge is 0.400 e. The molecule has 0 spiro atoms. The van der Waals surface area contributed by atoms with E-state index < -0.39 is 88.0 Å². The van der Waals surface area contributed by atoms with E-state index in [-0.39, 0.29) is 38.8 Å². The summed E-state index contributed by atoms with van der Waals surface area (Å²) in [5, 5.41) is -0.551. The number of ether oxygens (including phenoxy) is 6. The Balaban J connectivity index is 0.000000169. The second-order valence-electron chi connectivity index (χ2n) is 38.4. The maximum atomic E-state index is 14.1. The first-order chi connectivity index (χ1) is 58.9. The Bertz CT molecular complexity index is 3990. The van der Waals surface area contributed by atoms with Crippen molar-refractivity contribution in [3.05, 3.63) is 174 Å². The third kappa shape index (κ3) is 29.9. The van der Waals surface area contributed by atoms with Gasteiger partial charge in [-0.05, 0) is 323 Å². The van der Waals surface area contributed by atoms with Crippen molar-refractivity contribution in [3.63, 3.8) is 0 Å². The van der Waals surface area contributed by atoms with Gasteiger partial charge in [0, 0.05) is 0 Å². The lowest BCUT2D eigenvalue weighted by molar-refractivity contribution is -0.224. The molecule has 0 N–H and O–H groups in total. The van der Waals surface area contributed by atoms with Gasteiger partial charge < -0.3 is 28.4 Å². The van der Waals surface area contributed by atoms with Crippen LogP contribution in [-0.4, -0.2) is 38.6 Å². The van der Waals surface area contributed by atoms with E-state index in [1.807, 2.05) is 0 Å². The Kier molecular flexibility index (Phi) is 39.6. The van der Waals surface area contributed by atoms with Crippen molar-refractivity contribution >= 4 is 23.2 Å². The minimum atomic E-state index is -3.36. The molecule has 6 nitrogen and oxygen atoms in total. The lowest BCUT2D eigenvalue weighted by atomic mass is 9.69. The maximum absolute atomic E-state index is 14.1. The minimum Gasteiger partial charge on any atom is -0.490 e. The largest absolute Gasteiger partial charge is 0.490 e. The van der Waals surface area contributed by atoms with Gasteiger partial charge in [-0.3, -0.25) is 0 Å². The molecule has 6 aromatic carbocycles. The van der Waals surface area contributed by atoms with E-state index in [0.29, 0.717) is 121 Å². The van der Waals surface area contributed by atoms with Gasteiger partial charge in [-0.1, -0.05) is 178 Å². The highest BCUT2D eigenvalue weighted by Crippen LogP contribution is 2.47. The quantitative estimate of drug-likeness (QED) is 0.0710. The van der Waals surface area contributed by atoms with E-state index >= 15 is 0 Å². The van der Waals surface area contributed by atoms with Gasteiger partial charge in [0.05, 0.1) is 43.3 Å². The van der Waals surface area contributed by atoms with E-state index in [1.165, 1.54) is 146 Å². The maximum Gasteiger partial charge on any atom is 0.400 e. The van der Waals surface area contributed by atoms with Crippen LogP contribution in [0.3, 0.4) is 0 Å². The highest BCUT2D eigenvalue weighted by molar-refractivity contribution is 6.32. The van der Waals surface area contributed by atoms with Crippen LogP contribution in [0.5, 0.6) is 34.5 Å². The molecule has 0 radical (unpaired) electrons. The van der Waals surface area contributed by atoms with Crippen molar-refractivity contribution in [1.82, 2.24) is 0 Å². The molecule has 8 aliphatic carbocycles. The summed E-state index contributed by atoms with van der Waals surface area (Å²) in [5.41, 5.74) is 2.06. The van der Waals surface area contributed by atoms with Crippen molar-refractivity contribution in [2.24, 2.45) is 94.7 Å². The number of halogens is 16. The molecule has 8 saturated carbocycles. The summed E-state index contributed by atoms with van der Waals surface area (Å²) < 4.78 is 224. The Morgan fingerprint density at radius 2 is 0.435 bits per heavy atom. The second kappa shape index (κ2) is 48.4. The van der Waals surface area contributed by atoms with Crippen LogP contribution in [0, 0.1) is 194 Å². The molecule has 8 fully saturated rings. The molecule has 0 aromatic heterocycles. The van der Waals surface area contributed by atoms with E-state index in [0.717, 1.165) is 124 Å². The van der Waals surface area contributed by atoms with Gasteiger partial charge in [0.2, 0.25) is 23.3 Å². The zero-order chi connectivity index (χ0) is 90.3. The monoisotopic (exact) mass is 1790 g/mol. The Morgan fingerprint density at radius 3 is 0.710 bits per heavy atom. The van der Waals surface area contributed by atoms with Crippen LogP contribution in [0.4, 0.5) is 61.5 Å². The van der Waals surface area contributed by atoms with E-state index in [9.17, 15) is 61.5 Å². The van der Waals surface area contributed by atoms with Crippen molar-refractivity contribution in [3.8, 4) is 34.5 Å². The summed E-state index contributed by atoms with van der Waals surface area (Å²) in [7, 11) is 0. The second-order valence-corrected chi connectivity index (χ2v) is 39.1. The van der Waals surface area contributed by atoms with Crippen LogP contribution in [0.25, 0.3) is 0 Å². The summed E-state index contributed by atoms with van der Waals surface area (Å²) in [6.07, 6.45) is 28.2.